The van der Waals surface area contributed by atoms with Crippen LogP contribution >= 0.6 is 0 Å². The molecule has 1 aliphatic carbocycles. The molecule has 1 aliphatic heterocycles. The van der Waals surface area contributed by atoms with Gasteiger partial charge < -0.3 is 25.2 Å². The van der Waals surface area contributed by atoms with Gasteiger partial charge in [-0.3, -0.25) is 9.59 Å². The molecule has 0 radical (unpaired) electrons. The average Bonchev–Trinajstić information content (AvgIpc) is 2.72. The van der Waals surface area contributed by atoms with Gasteiger partial charge in [0.1, 0.15) is 0 Å². The van der Waals surface area contributed by atoms with Crippen molar-refractivity contribution in [2.45, 2.75) is 39.2 Å². The molecule has 1 saturated heterocycles. The molecule has 30 heavy (non-hydrogen) atoms. The molecule has 166 valence electrons. The van der Waals surface area contributed by atoms with Crippen LogP contribution in [0.2, 0.25) is 0 Å². The highest BCUT2D eigenvalue weighted by atomic mass is 16.5. The molecule has 1 heterocycles. The quantitative estimate of drug-likeness (QED) is 0.617. The fraction of sp³-hybridized carbons (Fsp3) is 0.652. The van der Waals surface area contributed by atoms with Crippen molar-refractivity contribution in [1.29, 1.82) is 0 Å². The molecule has 0 bridgehead atoms. The SMILES string of the molecule is C[C@H]1[C@@H](NC(=O)C[NH+](C)CC(=O)Nc2ccc(N3CCOCC3)cc2)CCC[C@@H]1C. The van der Waals surface area contributed by atoms with Crippen LogP contribution in [0.3, 0.4) is 0 Å². The summed E-state index contributed by atoms with van der Waals surface area (Å²) < 4.78 is 5.38. The van der Waals surface area contributed by atoms with E-state index in [1.54, 1.807) is 0 Å². The average molecular weight is 418 g/mol. The highest BCUT2D eigenvalue weighted by Crippen LogP contribution is 2.29. The number of carbonyl (C=O) groups excluding carboxylic acids is 2. The van der Waals surface area contributed by atoms with Crippen LogP contribution in [0.25, 0.3) is 0 Å². The molecule has 1 unspecified atom stereocenters. The number of nitrogens with one attached hydrogen (secondary N) is 3. The summed E-state index contributed by atoms with van der Waals surface area (Å²) in [5.41, 5.74) is 1.92. The van der Waals surface area contributed by atoms with Gasteiger partial charge >= 0.3 is 0 Å². The predicted octanol–water partition coefficient (Wildman–Crippen LogP) is 0.917. The first-order valence-corrected chi connectivity index (χ1v) is 11.3. The fourth-order valence-electron chi connectivity index (χ4n) is 4.44. The Hall–Kier alpha value is -2.12. The Balaban J connectivity index is 1.41. The van der Waals surface area contributed by atoms with Crippen LogP contribution in [0.5, 0.6) is 0 Å². The van der Waals surface area contributed by atoms with E-state index in [1.807, 2.05) is 31.3 Å². The minimum atomic E-state index is -0.0842. The maximum Gasteiger partial charge on any atom is 0.279 e. The Morgan fingerprint density at radius 1 is 1.07 bits per heavy atom. The Labute approximate surface area is 180 Å². The molecule has 3 rings (SSSR count). The maximum absolute atomic E-state index is 12.4. The van der Waals surface area contributed by atoms with E-state index in [2.05, 4.69) is 29.4 Å². The van der Waals surface area contributed by atoms with Gasteiger partial charge in [0.25, 0.3) is 11.8 Å². The van der Waals surface area contributed by atoms with E-state index < -0.39 is 0 Å². The Morgan fingerprint density at radius 2 is 1.73 bits per heavy atom. The largest absolute Gasteiger partial charge is 0.378 e. The van der Waals surface area contributed by atoms with Crippen LogP contribution in [0.1, 0.15) is 33.1 Å². The number of likely N-dealkylation sites (N-methyl/N-ethyl adjacent to an activating group) is 1. The molecule has 7 heteroatoms. The van der Waals surface area contributed by atoms with E-state index in [4.69, 9.17) is 4.74 Å². The zero-order valence-electron chi connectivity index (χ0n) is 18.6. The van der Waals surface area contributed by atoms with E-state index in [0.29, 0.717) is 18.4 Å². The fourth-order valence-corrected chi connectivity index (χ4v) is 4.44. The zero-order valence-corrected chi connectivity index (χ0v) is 18.6. The lowest BCUT2D eigenvalue weighted by Gasteiger charge is -2.34. The van der Waals surface area contributed by atoms with Gasteiger partial charge in [-0.1, -0.05) is 26.7 Å². The van der Waals surface area contributed by atoms with Crippen molar-refractivity contribution in [1.82, 2.24) is 5.32 Å². The van der Waals surface area contributed by atoms with Crippen LogP contribution in [-0.2, 0) is 14.3 Å². The summed E-state index contributed by atoms with van der Waals surface area (Å²) in [6.07, 6.45) is 3.47. The monoisotopic (exact) mass is 417 g/mol. The molecular weight excluding hydrogens is 380 g/mol. The third kappa shape index (κ3) is 6.44. The van der Waals surface area contributed by atoms with Crippen LogP contribution in [0.15, 0.2) is 24.3 Å². The van der Waals surface area contributed by atoms with Crippen molar-refractivity contribution in [3.05, 3.63) is 24.3 Å². The van der Waals surface area contributed by atoms with Crippen LogP contribution in [0.4, 0.5) is 11.4 Å². The summed E-state index contributed by atoms with van der Waals surface area (Å²) in [4.78, 5) is 28.0. The van der Waals surface area contributed by atoms with Crippen LogP contribution < -0.4 is 20.4 Å². The minimum absolute atomic E-state index is 0.0288. The summed E-state index contributed by atoms with van der Waals surface area (Å²) in [6, 6.07) is 8.16. The number of quaternary nitrogens is 1. The third-order valence-electron chi connectivity index (χ3n) is 6.51. The normalized spacial score (nSPS) is 25.4. The number of hydrogen-bond donors (Lipinski definition) is 3. The molecule has 1 aromatic carbocycles. The van der Waals surface area contributed by atoms with Crippen molar-refractivity contribution in [2.24, 2.45) is 11.8 Å². The second-order valence-corrected chi connectivity index (χ2v) is 8.95. The number of nitrogens with zero attached hydrogens (tertiary/aromatic N) is 1. The number of benzene rings is 1. The van der Waals surface area contributed by atoms with Gasteiger partial charge in [0.2, 0.25) is 0 Å². The standard InChI is InChI=1S/C23H36N4O3/c1-17-5-4-6-21(18(17)2)25-23(29)16-26(3)15-22(28)24-19-7-9-20(10-8-19)27-11-13-30-14-12-27/h7-10,17-18,21H,4-6,11-16H2,1-3H3,(H,24,28)(H,25,29)/p+1/t17-,18+,21-/m0/s1. The van der Waals surface area contributed by atoms with Gasteiger partial charge in [-0.15, -0.1) is 0 Å². The summed E-state index contributed by atoms with van der Waals surface area (Å²) in [6.45, 7) is 8.33. The van der Waals surface area contributed by atoms with E-state index in [9.17, 15) is 9.59 Å². The van der Waals surface area contributed by atoms with E-state index in [1.165, 1.54) is 12.8 Å². The highest BCUT2D eigenvalue weighted by Gasteiger charge is 2.28. The van der Waals surface area contributed by atoms with E-state index in [-0.39, 0.29) is 24.4 Å². The minimum Gasteiger partial charge on any atom is -0.378 e. The Kier molecular flexibility index (Phi) is 8.10. The molecule has 2 fully saturated rings. The number of carbonyl (C=O) groups is 2. The number of ether oxygens (including phenoxy) is 1. The van der Waals surface area contributed by atoms with Crippen LogP contribution in [-0.4, -0.2) is 64.3 Å². The summed E-state index contributed by atoms with van der Waals surface area (Å²) in [7, 11) is 1.88. The summed E-state index contributed by atoms with van der Waals surface area (Å²) in [5.74, 6) is 1.10. The second-order valence-electron chi connectivity index (χ2n) is 8.95. The van der Waals surface area contributed by atoms with Gasteiger partial charge in [-0.25, -0.2) is 0 Å². The summed E-state index contributed by atoms with van der Waals surface area (Å²) in [5, 5.41) is 6.12. The first kappa shape index (κ1) is 22.6. The summed E-state index contributed by atoms with van der Waals surface area (Å²) >= 11 is 0. The van der Waals surface area contributed by atoms with Crippen molar-refractivity contribution >= 4 is 23.2 Å². The number of rotatable bonds is 7. The molecule has 2 aliphatic rings. The Bertz CT molecular complexity index is 703. The molecule has 0 aromatic heterocycles. The maximum atomic E-state index is 12.4. The molecule has 4 atom stereocenters. The van der Waals surface area contributed by atoms with E-state index >= 15 is 0 Å². The first-order valence-electron chi connectivity index (χ1n) is 11.3. The molecule has 1 aromatic rings. The van der Waals surface area contributed by atoms with E-state index in [0.717, 1.165) is 49.0 Å². The zero-order chi connectivity index (χ0) is 21.5. The van der Waals surface area contributed by atoms with Gasteiger partial charge in [0.05, 0.1) is 20.3 Å². The number of morpholine rings is 1. The lowest BCUT2D eigenvalue weighted by Crippen LogP contribution is -3.11. The number of hydrogen-bond acceptors (Lipinski definition) is 4. The second kappa shape index (κ2) is 10.8. The van der Waals surface area contributed by atoms with Gasteiger partial charge in [0, 0.05) is 30.5 Å². The Morgan fingerprint density at radius 3 is 2.43 bits per heavy atom. The topological polar surface area (TPSA) is 75.1 Å². The van der Waals surface area contributed by atoms with Crippen LogP contribution in [0, 0.1) is 11.8 Å². The molecule has 3 N–H and O–H groups in total. The van der Waals surface area contributed by atoms with Crippen molar-refractivity contribution in [3.63, 3.8) is 0 Å². The van der Waals surface area contributed by atoms with Crippen molar-refractivity contribution in [3.8, 4) is 0 Å². The smallest absolute Gasteiger partial charge is 0.279 e. The lowest BCUT2D eigenvalue weighted by molar-refractivity contribution is -0.862. The van der Waals surface area contributed by atoms with Gasteiger partial charge in [-0.05, 0) is 42.5 Å². The third-order valence-corrected chi connectivity index (χ3v) is 6.51. The first-order chi connectivity index (χ1) is 14.4. The lowest BCUT2D eigenvalue weighted by atomic mass is 9.78. The number of amides is 2. The molecular formula is C23H37N4O3+. The van der Waals surface area contributed by atoms with Crippen molar-refractivity contribution < 1.29 is 19.2 Å². The molecule has 7 nitrogen and oxygen atoms in total. The molecule has 1 saturated carbocycles. The van der Waals surface area contributed by atoms with Crippen molar-refractivity contribution in [2.75, 3.05) is 56.7 Å². The molecule has 0 spiro atoms. The highest BCUT2D eigenvalue weighted by molar-refractivity contribution is 5.91. The van der Waals surface area contributed by atoms with Gasteiger partial charge in [-0.2, -0.15) is 0 Å². The number of anilines is 2. The predicted molar refractivity (Wildman–Crippen MR) is 119 cm³/mol. The van der Waals surface area contributed by atoms with Gasteiger partial charge in [0.15, 0.2) is 13.1 Å². The molecule has 2 amide bonds.